The van der Waals surface area contributed by atoms with E-state index in [4.69, 9.17) is 30.8 Å². The second-order valence-corrected chi connectivity index (χ2v) is 8.84. The summed E-state index contributed by atoms with van der Waals surface area (Å²) in [4.78, 5) is 4.70. The number of thioether (sulfide) groups is 1. The van der Waals surface area contributed by atoms with E-state index >= 15 is 0 Å². The van der Waals surface area contributed by atoms with E-state index < -0.39 is 6.23 Å². The number of rotatable bonds is 4. The molecule has 0 aliphatic carbocycles. The molecule has 2 aliphatic rings. The van der Waals surface area contributed by atoms with Crippen molar-refractivity contribution < 1.29 is 14.2 Å². The van der Waals surface area contributed by atoms with Gasteiger partial charge in [0.25, 0.3) is 0 Å². The Morgan fingerprint density at radius 3 is 2.73 bits per heavy atom. The number of hydrogen-bond acceptors (Lipinski definition) is 8. The Morgan fingerprint density at radius 2 is 1.82 bits per heavy atom. The molecule has 7 nitrogen and oxygen atoms in total. The second kappa shape index (κ2) is 8.46. The highest BCUT2D eigenvalue weighted by atomic mass is 35.5. The minimum Gasteiger partial charge on any atom is -0.454 e. The van der Waals surface area contributed by atoms with Gasteiger partial charge in [0.2, 0.25) is 17.8 Å². The number of benzene rings is 3. The van der Waals surface area contributed by atoms with Crippen LogP contribution in [0, 0.1) is 0 Å². The molecule has 1 atom stereocenters. The number of ether oxygens (including phenoxy) is 3. The van der Waals surface area contributed by atoms with Crippen LogP contribution in [-0.2, 0) is 5.75 Å². The Bertz CT molecular complexity index is 1340. The average Bonchev–Trinajstić information content (AvgIpc) is 3.25. The molecule has 0 fully saturated rings. The van der Waals surface area contributed by atoms with E-state index in [-0.39, 0.29) is 6.79 Å². The Kier molecular flexibility index (Phi) is 5.16. The van der Waals surface area contributed by atoms with Gasteiger partial charge in [-0.1, -0.05) is 53.7 Å². The molecule has 33 heavy (non-hydrogen) atoms. The van der Waals surface area contributed by atoms with Crippen molar-refractivity contribution in [2.24, 2.45) is 0 Å². The van der Waals surface area contributed by atoms with Gasteiger partial charge in [-0.3, -0.25) is 0 Å². The maximum atomic E-state index is 6.34. The van der Waals surface area contributed by atoms with Crippen molar-refractivity contribution in [1.29, 1.82) is 0 Å². The quantitative estimate of drug-likeness (QED) is 0.375. The fraction of sp³-hybridized carbons (Fsp3) is 0.125. The summed E-state index contributed by atoms with van der Waals surface area (Å²) in [5.74, 6) is 2.52. The van der Waals surface area contributed by atoms with Gasteiger partial charge in [-0.25, -0.2) is 0 Å². The van der Waals surface area contributed by atoms with Crippen LogP contribution >= 0.6 is 23.4 Å². The third kappa shape index (κ3) is 4.03. The van der Waals surface area contributed by atoms with E-state index in [1.54, 1.807) is 0 Å². The number of fused-ring (bicyclic) bond motifs is 4. The lowest BCUT2D eigenvalue weighted by Gasteiger charge is -2.19. The van der Waals surface area contributed by atoms with E-state index in [0.717, 1.165) is 28.1 Å². The van der Waals surface area contributed by atoms with E-state index in [1.165, 1.54) is 11.8 Å². The van der Waals surface area contributed by atoms with E-state index in [2.05, 4.69) is 15.5 Å². The summed E-state index contributed by atoms with van der Waals surface area (Å²) in [6.07, 6.45) is -0.493. The van der Waals surface area contributed by atoms with Crippen LogP contribution in [0.4, 0.5) is 5.69 Å². The Balaban J connectivity index is 1.33. The van der Waals surface area contributed by atoms with Crippen molar-refractivity contribution in [3.8, 4) is 28.6 Å². The highest BCUT2D eigenvalue weighted by Crippen LogP contribution is 2.41. The molecular weight excluding hydrogens is 460 g/mol. The summed E-state index contributed by atoms with van der Waals surface area (Å²) in [6, 6.07) is 21.3. The smallest absolute Gasteiger partial charge is 0.247 e. The molecule has 3 aromatic carbocycles. The van der Waals surface area contributed by atoms with Crippen LogP contribution in [0.3, 0.4) is 0 Å². The van der Waals surface area contributed by atoms with Crippen LogP contribution in [0.5, 0.6) is 17.4 Å². The molecule has 6 rings (SSSR count). The second-order valence-electron chi connectivity index (χ2n) is 7.46. The van der Waals surface area contributed by atoms with Gasteiger partial charge >= 0.3 is 0 Å². The van der Waals surface area contributed by atoms with Crippen molar-refractivity contribution >= 4 is 29.1 Å². The van der Waals surface area contributed by atoms with Crippen molar-refractivity contribution in [1.82, 2.24) is 15.2 Å². The summed E-state index contributed by atoms with van der Waals surface area (Å²) in [6.45, 7) is 0.217. The van der Waals surface area contributed by atoms with Gasteiger partial charge in [0.05, 0.1) is 0 Å². The lowest BCUT2D eigenvalue weighted by molar-refractivity contribution is 0.173. The molecule has 0 bridgehead atoms. The first-order valence-corrected chi connectivity index (χ1v) is 11.6. The van der Waals surface area contributed by atoms with Crippen LogP contribution < -0.4 is 19.5 Å². The van der Waals surface area contributed by atoms with Crippen LogP contribution in [0.2, 0.25) is 5.02 Å². The van der Waals surface area contributed by atoms with Gasteiger partial charge in [0.1, 0.15) is 0 Å². The number of anilines is 1. The Morgan fingerprint density at radius 1 is 0.970 bits per heavy atom. The molecule has 0 unspecified atom stereocenters. The summed E-state index contributed by atoms with van der Waals surface area (Å²) in [7, 11) is 0. The first-order chi connectivity index (χ1) is 16.2. The number of halogens is 1. The lowest BCUT2D eigenvalue weighted by Crippen LogP contribution is -2.17. The highest BCUT2D eigenvalue weighted by Gasteiger charge is 2.27. The van der Waals surface area contributed by atoms with Gasteiger partial charge in [-0.2, -0.15) is 4.98 Å². The van der Waals surface area contributed by atoms with Crippen LogP contribution in [0.15, 0.2) is 71.9 Å². The van der Waals surface area contributed by atoms with E-state index in [0.29, 0.717) is 33.3 Å². The monoisotopic (exact) mass is 476 g/mol. The molecule has 164 valence electrons. The van der Waals surface area contributed by atoms with Gasteiger partial charge in [-0.05, 0) is 42.0 Å². The Hall–Kier alpha value is -3.49. The summed E-state index contributed by atoms with van der Waals surface area (Å²) < 4.78 is 17.3. The number of nitrogens with one attached hydrogen (secondary N) is 1. The average molecular weight is 477 g/mol. The third-order valence-electron chi connectivity index (χ3n) is 5.31. The first-order valence-electron chi connectivity index (χ1n) is 10.3. The van der Waals surface area contributed by atoms with Crippen molar-refractivity contribution in [3.05, 3.63) is 82.9 Å². The maximum absolute atomic E-state index is 6.34. The molecule has 9 heteroatoms. The number of hydrogen-bond donors (Lipinski definition) is 1. The highest BCUT2D eigenvalue weighted by molar-refractivity contribution is 7.98. The predicted molar refractivity (Wildman–Crippen MR) is 126 cm³/mol. The van der Waals surface area contributed by atoms with Crippen molar-refractivity contribution in [2.75, 3.05) is 12.1 Å². The number of aromatic nitrogens is 3. The van der Waals surface area contributed by atoms with E-state index in [1.807, 2.05) is 66.7 Å². The summed E-state index contributed by atoms with van der Waals surface area (Å²) in [5, 5.41) is 13.5. The molecule has 0 amide bonds. The molecular formula is C24H17ClN4O3S. The molecule has 4 aromatic rings. The molecule has 3 heterocycles. The SMILES string of the molecule is Clc1ccc(CSc2nnc3c(n2)O[C@H](c2ccc4c(c2)OCO4)Nc2ccccc2-3)cc1. The topological polar surface area (TPSA) is 78.4 Å². The fourth-order valence-corrected chi connectivity index (χ4v) is 4.52. The zero-order valence-corrected chi connectivity index (χ0v) is 18.8. The zero-order valence-electron chi connectivity index (χ0n) is 17.2. The first kappa shape index (κ1) is 20.1. The molecule has 0 saturated carbocycles. The standard InChI is InChI=1S/C24H17ClN4O3S/c25-16-8-5-14(6-9-16)12-33-24-27-23-21(28-29-24)17-3-1-2-4-18(17)26-22(32-23)15-7-10-19-20(11-15)31-13-30-19/h1-11,22,26H,12-13H2/t22-/m1/s1. The molecule has 0 spiro atoms. The molecule has 2 aliphatic heterocycles. The molecule has 1 aromatic heterocycles. The molecule has 0 radical (unpaired) electrons. The van der Waals surface area contributed by atoms with Crippen LogP contribution in [0.1, 0.15) is 17.4 Å². The minimum atomic E-state index is -0.493. The van der Waals surface area contributed by atoms with Crippen molar-refractivity contribution in [3.63, 3.8) is 0 Å². The zero-order chi connectivity index (χ0) is 22.2. The van der Waals surface area contributed by atoms with Gasteiger partial charge in [-0.15, -0.1) is 10.2 Å². The summed E-state index contributed by atoms with van der Waals surface area (Å²) in [5.41, 5.74) is 4.36. The van der Waals surface area contributed by atoms with Gasteiger partial charge in [0.15, 0.2) is 23.4 Å². The van der Waals surface area contributed by atoms with Crippen molar-refractivity contribution in [2.45, 2.75) is 17.1 Å². The summed E-state index contributed by atoms with van der Waals surface area (Å²) >= 11 is 7.47. The van der Waals surface area contributed by atoms with Crippen LogP contribution in [-0.4, -0.2) is 22.0 Å². The van der Waals surface area contributed by atoms with Gasteiger partial charge in [0, 0.05) is 27.6 Å². The largest absolute Gasteiger partial charge is 0.454 e. The number of nitrogens with zero attached hydrogens (tertiary/aromatic N) is 3. The normalized spacial score (nSPS) is 15.6. The maximum Gasteiger partial charge on any atom is 0.247 e. The lowest BCUT2D eigenvalue weighted by atomic mass is 10.1. The van der Waals surface area contributed by atoms with E-state index in [9.17, 15) is 0 Å². The fourth-order valence-electron chi connectivity index (χ4n) is 3.66. The Labute approximate surface area is 199 Å². The predicted octanol–water partition coefficient (Wildman–Crippen LogP) is 5.72. The molecule has 1 N–H and O–H groups in total. The van der Waals surface area contributed by atoms with Crippen LogP contribution in [0.25, 0.3) is 11.3 Å². The minimum absolute atomic E-state index is 0.217. The third-order valence-corrected chi connectivity index (χ3v) is 6.47. The molecule has 0 saturated heterocycles. The van der Waals surface area contributed by atoms with Gasteiger partial charge < -0.3 is 19.5 Å². The number of para-hydroxylation sites is 1.